The summed E-state index contributed by atoms with van der Waals surface area (Å²) in [5.74, 6) is -0.963. The summed E-state index contributed by atoms with van der Waals surface area (Å²) >= 11 is 3.36. The number of nitrogens with zero attached hydrogens (tertiary/aromatic N) is 2. The Labute approximate surface area is 203 Å². The molecular weight excluding hydrogens is 496 g/mol. The minimum Gasteiger partial charge on any atom is -0.465 e. The monoisotopic (exact) mass is 530 g/mol. The summed E-state index contributed by atoms with van der Waals surface area (Å²) in [6, 6.07) is 4.44. The average molecular weight is 531 g/mol. The number of carbonyl (C=O) groups excluding carboxylic acids is 2. The van der Waals surface area contributed by atoms with Gasteiger partial charge in [0.25, 0.3) is 5.91 Å². The van der Waals surface area contributed by atoms with E-state index in [2.05, 4.69) is 21.2 Å². The third-order valence-corrected chi connectivity index (χ3v) is 5.40. The Hall–Kier alpha value is -2.21. The van der Waals surface area contributed by atoms with Crippen LogP contribution in [0.5, 0.6) is 0 Å². The van der Waals surface area contributed by atoms with Gasteiger partial charge in [-0.1, -0.05) is 15.9 Å². The summed E-state index contributed by atoms with van der Waals surface area (Å²) < 4.78 is 12.0. The van der Waals surface area contributed by atoms with Crippen LogP contribution >= 0.6 is 15.9 Å². The summed E-state index contributed by atoms with van der Waals surface area (Å²) in [7, 11) is 0. The third kappa shape index (κ3) is 8.58. The molecule has 10 nitrogen and oxygen atoms in total. The number of nitrogens with two attached hydrogens (primary N) is 1. The number of anilines is 1. The number of halogens is 1. The SMILES string of the molecule is CCOC(CN(C(=O)C(C)N(C(=O)C(CN)NC(=O)O)c1ccc(Br)cc1)C(C)C)OCC. The molecule has 1 rings (SSSR count). The molecule has 0 fully saturated rings. The van der Waals surface area contributed by atoms with E-state index in [4.69, 9.17) is 20.3 Å². The Morgan fingerprint density at radius 2 is 1.61 bits per heavy atom. The fourth-order valence-corrected chi connectivity index (χ4v) is 3.54. The third-order valence-electron chi connectivity index (χ3n) is 4.88. The Kier molecular flexibility index (Phi) is 12.3. The van der Waals surface area contributed by atoms with Gasteiger partial charge in [-0.25, -0.2) is 4.79 Å². The van der Waals surface area contributed by atoms with Crippen molar-refractivity contribution in [2.75, 3.05) is 31.2 Å². The Balaban J connectivity index is 3.34. The smallest absolute Gasteiger partial charge is 0.405 e. The molecule has 0 saturated carbocycles. The zero-order valence-electron chi connectivity index (χ0n) is 19.8. The average Bonchev–Trinajstić information content (AvgIpc) is 2.76. The van der Waals surface area contributed by atoms with Gasteiger partial charge < -0.3 is 30.5 Å². The van der Waals surface area contributed by atoms with Gasteiger partial charge in [0, 0.05) is 36.0 Å². The van der Waals surface area contributed by atoms with Crippen molar-refractivity contribution < 1.29 is 29.0 Å². The maximum atomic E-state index is 13.6. The summed E-state index contributed by atoms with van der Waals surface area (Å²) in [4.78, 5) is 41.0. The Morgan fingerprint density at radius 3 is 2.03 bits per heavy atom. The van der Waals surface area contributed by atoms with Crippen LogP contribution in [0.2, 0.25) is 0 Å². The van der Waals surface area contributed by atoms with E-state index in [1.54, 1.807) is 36.1 Å². The number of carboxylic acid groups (broad SMARTS) is 1. The summed E-state index contributed by atoms with van der Waals surface area (Å²) in [6.45, 7) is 9.76. The van der Waals surface area contributed by atoms with Crippen LogP contribution in [0, 0.1) is 0 Å². The molecule has 2 unspecified atom stereocenters. The van der Waals surface area contributed by atoms with Crippen molar-refractivity contribution in [3.05, 3.63) is 28.7 Å². The molecule has 2 atom stereocenters. The zero-order chi connectivity index (χ0) is 25.1. The van der Waals surface area contributed by atoms with E-state index in [1.807, 2.05) is 27.7 Å². The lowest BCUT2D eigenvalue weighted by Gasteiger charge is -2.37. The van der Waals surface area contributed by atoms with Crippen molar-refractivity contribution in [3.63, 3.8) is 0 Å². The van der Waals surface area contributed by atoms with E-state index >= 15 is 0 Å². The minimum absolute atomic E-state index is 0.179. The predicted octanol–water partition coefficient (Wildman–Crippen LogP) is 2.40. The topological polar surface area (TPSA) is 134 Å². The number of ether oxygens (including phenoxy) is 2. The second kappa shape index (κ2) is 14.1. The molecule has 33 heavy (non-hydrogen) atoms. The number of carbonyl (C=O) groups is 3. The molecule has 0 spiro atoms. The van der Waals surface area contributed by atoms with Crippen molar-refractivity contribution >= 4 is 39.5 Å². The molecule has 1 aromatic rings. The molecular formula is C22H35BrN4O6. The lowest BCUT2D eigenvalue weighted by atomic mass is 10.1. The van der Waals surface area contributed by atoms with Gasteiger partial charge in [0.2, 0.25) is 5.91 Å². The molecule has 0 aliphatic rings. The van der Waals surface area contributed by atoms with Gasteiger partial charge >= 0.3 is 6.09 Å². The highest BCUT2D eigenvalue weighted by Crippen LogP contribution is 2.23. The first kappa shape index (κ1) is 28.8. The van der Waals surface area contributed by atoms with Crippen LogP contribution in [0.1, 0.15) is 34.6 Å². The van der Waals surface area contributed by atoms with Gasteiger partial charge in [-0.15, -0.1) is 0 Å². The molecule has 0 radical (unpaired) electrons. The van der Waals surface area contributed by atoms with E-state index < -0.39 is 30.4 Å². The summed E-state index contributed by atoms with van der Waals surface area (Å²) in [6.07, 6.45) is -1.99. The first-order valence-electron chi connectivity index (χ1n) is 10.9. The van der Waals surface area contributed by atoms with Crippen LogP contribution in [0.3, 0.4) is 0 Å². The molecule has 1 aromatic carbocycles. The number of benzene rings is 1. The molecule has 0 aromatic heterocycles. The molecule has 0 aliphatic heterocycles. The highest BCUT2D eigenvalue weighted by atomic mass is 79.9. The van der Waals surface area contributed by atoms with Crippen LogP contribution in [0.15, 0.2) is 28.7 Å². The first-order valence-corrected chi connectivity index (χ1v) is 11.7. The van der Waals surface area contributed by atoms with Gasteiger partial charge in [0.1, 0.15) is 12.1 Å². The van der Waals surface area contributed by atoms with Crippen molar-refractivity contribution in [3.8, 4) is 0 Å². The zero-order valence-corrected chi connectivity index (χ0v) is 21.4. The van der Waals surface area contributed by atoms with Crippen LogP contribution in [0.25, 0.3) is 0 Å². The molecule has 186 valence electrons. The molecule has 3 amide bonds. The lowest BCUT2D eigenvalue weighted by Crippen LogP contribution is -2.59. The quantitative estimate of drug-likeness (QED) is 0.333. The molecule has 0 bridgehead atoms. The second-order valence-electron chi connectivity index (χ2n) is 7.52. The maximum absolute atomic E-state index is 13.6. The van der Waals surface area contributed by atoms with Crippen molar-refractivity contribution in [1.29, 1.82) is 0 Å². The standard InChI is InChI=1S/C22H35BrN4O6/c1-6-32-19(33-7-2)13-26(14(3)4)20(28)15(5)27(17-10-8-16(23)9-11-17)21(29)18(12-24)25-22(30)31/h8-11,14-15,18-19,25H,6-7,12-13,24H2,1-5H3,(H,30,31). The number of nitrogens with one attached hydrogen (secondary N) is 1. The largest absolute Gasteiger partial charge is 0.465 e. The van der Waals surface area contributed by atoms with Gasteiger partial charge in [0.05, 0.1) is 6.54 Å². The summed E-state index contributed by atoms with van der Waals surface area (Å²) in [5, 5.41) is 11.2. The van der Waals surface area contributed by atoms with E-state index in [9.17, 15) is 14.4 Å². The number of amides is 3. The normalized spacial score (nSPS) is 13.0. The van der Waals surface area contributed by atoms with Crippen molar-refractivity contribution in [1.82, 2.24) is 10.2 Å². The number of hydrogen-bond donors (Lipinski definition) is 3. The lowest BCUT2D eigenvalue weighted by molar-refractivity contribution is -0.162. The fraction of sp³-hybridized carbons (Fsp3) is 0.591. The molecule has 4 N–H and O–H groups in total. The van der Waals surface area contributed by atoms with Gasteiger partial charge in [-0.3, -0.25) is 14.5 Å². The minimum atomic E-state index is -1.38. The summed E-state index contributed by atoms with van der Waals surface area (Å²) in [5.41, 5.74) is 6.10. The Morgan fingerprint density at radius 1 is 1.06 bits per heavy atom. The van der Waals surface area contributed by atoms with Gasteiger partial charge in [0.15, 0.2) is 6.29 Å². The van der Waals surface area contributed by atoms with Crippen LogP contribution in [-0.2, 0) is 19.1 Å². The van der Waals surface area contributed by atoms with Crippen LogP contribution in [0.4, 0.5) is 10.5 Å². The van der Waals surface area contributed by atoms with Crippen molar-refractivity contribution in [2.45, 2.75) is 59.0 Å². The second-order valence-corrected chi connectivity index (χ2v) is 8.44. The molecule has 11 heteroatoms. The Bertz CT molecular complexity index is 771. The van der Waals surface area contributed by atoms with Crippen LogP contribution in [-0.4, -0.2) is 78.6 Å². The van der Waals surface area contributed by atoms with E-state index in [1.165, 1.54) is 4.90 Å². The molecule has 0 saturated heterocycles. The van der Waals surface area contributed by atoms with Crippen molar-refractivity contribution in [2.24, 2.45) is 5.73 Å². The van der Waals surface area contributed by atoms with Gasteiger partial charge in [-0.05, 0) is 58.9 Å². The van der Waals surface area contributed by atoms with E-state index in [0.717, 1.165) is 4.47 Å². The fourth-order valence-electron chi connectivity index (χ4n) is 3.27. The highest BCUT2D eigenvalue weighted by molar-refractivity contribution is 9.10. The van der Waals surface area contributed by atoms with Gasteiger partial charge in [-0.2, -0.15) is 0 Å². The van der Waals surface area contributed by atoms with E-state index in [-0.39, 0.29) is 25.0 Å². The van der Waals surface area contributed by atoms with Crippen LogP contribution < -0.4 is 16.0 Å². The molecule has 0 heterocycles. The number of hydrogen-bond acceptors (Lipinski definition) is 6. The maximum Gasteiger partial charge on any atom is 0.405 e. The van der Waals surface area contributed by atoms with E-state index in [0.29, 0.717) is 18.9 Å². The molecule has 0 aliphatic carbocycles. The predicted molar refractivity (Wildman–Crippen MR) is 129 cm³/mol. The number of rotatable bonds is 13. The highest BCUT2D eigenvalue weighted by Gasteiger charge is 2.36. The first-order chi connectivity index (χ1) is 15.6.